The molecule has 1 amide bonds. The Kier molecular flexibility index (Phi) is 4.36. The number of rotatable bonds is 3. The van der Waals surface area contributed by atoms with Gasteiger partial charge in [0.25, 0.3) is 5.56 Å². The second-order valence-corrected chi connectivity index (χ2v) is 7.20. The van der Waals surface area contributed by atoms with E-state index in [1.54, 1.807) is 22.2 Å². The van der Waals surface area contributed by atoms with Crippen LogP contribution in [0.1, 0.15) is 24.4 Å². The Bertz CT molecular complexity index is 949. The lowest BCUT2D eigenvalue weighted by atomic mass is 10.0. The highest BCUT2D eigenvalue weighted by molar-refractivity contribution is 7.08. The molecule has 0 saturated carbocycles. The maximum absolute atomic E-state index is 12.8. The summed E-state index contributed by atoms with van der Waals surface area (Å²) >= 11 is 1.60. The minimum Gasteiger partial charge on any atom is -0.340 e. The van der Waals surface area contributed by atoms with Crippen LogP contribution in [-0.4, -0.2) is 33.4 Å². The largest absolute Gasteiger partial charge is 0.340 e. The molecule has 2 aromatic heterocycles. The number of carbonyl (C=O) groups excluding carboxylic acids is 1. The number of aromatic nitrogens is 2. The first-order valence-corrected chi connectivity index (χ1v) is 9.41. The topological polar surface area (TPSA) is 55.2 Å². The van der Waals surface area contributed by atoms with E-state index in [1.807, 2.05) is 46.0 Å². The van der Waals surface area contributed by atoms with E-state index in [0.29, 0.717) is 23.9 Å². The van der Waals surface area contributed by atoms with Crippen molar-refractivity contribution in [3.8, 4) is 0 Å². The second kappa shape index (κ2) is 6.80. The molecular weight excluding hydrogens is 334 g/mol. The smallest absolute Gasteiger partial charge is 0.261 e. The summed E-state index contributed by atoms with van der Waals surface area (Å²) in [5.41, 5.74) is 1.74. The molecule has 1 saturated heterocycles. The van der Waals surface area contributed by atoms with Gasteiger partial charge in [-0.2, -0.15) is 11.3 Å². The molecule has 1 aromatic carbocycles. The van der Waals surface area contributed by atoms with Gasteiger partial charge >= 0.3 is 0 Å². The fraction of sp³-hybridized carbons (Fsp3) is 0.316. The molecule has 3 aromatic rings. The van der Waals surface area contributed by atoms with Crippen molar-refractivity contribution in [2.24, 2.45) is 0 Å². The molecule has 1 atom stereocenters. The highest BCUT2D eigenvalue weighted by atomic mass is 32.1. The van der Waals surface area contributed by atoms with Crippen LogP contribution in [0.15, 0.2) is 52.2 Å². The predicted molar refractivity (Wildman–Crippen MR) is 98.9 cm³/mol. The summed E-state index contributed by atoms with van der Waals surface area (Å²) in [6, 6.07) is 9.37. The third-order valence-corrected chi connectivity index (χ3v) is 5.50. The van der Waals surface area contributed by atoms with E-state index < -0.39 is 0 Å². The molecule has 0 bridgehead atoms. The summed E-state index contributed by atoms with van der Waals surface area (Å²) in [5.74, 6) is 0.130. The fourth-order valence-corrected chi connectivity index (χ4v) is 4.10. The molecule has 128 valence electrons. The van der Waals surface area contributed by atoms with Crippen LogP contribution in [0.2, 0.25) is 0 Å². The van der Waals surface area contributed by atoms with Crippen molar-refractivity contribution in [2.45, 2.75) is 25.3 Å². The highest BCUT2D eigenvalue weighted by Crippen LogP contribution is 2.21. The van der Waals surface area contributed by atoms with Crippen LogP contribution in [0.3, 0.4) is 0 Å². The van der Waals surface area contributed by atoms with Crippen molar-refractivity contribution >= 4 is 28.1 Å². The Hall–Kier alpha value is -2.47. The number of benzene rings is 1. The Morgan fingerprint density at radius 1 is 1.28 bits per heavy atom. The van der Waals surface area contributed by atoms with Crippen molar-refractivity contribution in [1.82, 2.24) is 14.5 Å². The lowest BCUT2D eigenvalue weighted by molar-refractivity contribution is -0.132. The third-order valence-electron chi connectivity index (χ3n) is 4.77. The van der Waals surface area contributed by atoms with Crippen LogP contribution in [0, 0.1) is 0 Å². The maximum Gasteiger partial charge on any atom is 0.261 e. The van der Waals surface area contributed by atoms with E-state index in [-0.39, 0.29) is 17.5 Å². The van der Waals surface area contributed by atoms with Gasteiger partial charge in [0.05, 0.1) is 29.7 Å². The normalized spacial score (nSPS) is 17.8. The minimum atomic E-state index is -0.0252. The van der Waals surface area contributed by atoms with Crippen LogP contribution >= 0.6 is 11.3 Å². The van der Waals surface area contributed by atoms with Gasteiger partial charge in [0.2, 0.25) is 5.91 Å². The Morgan fingerprint density at radius 3 is 3.00 bits per heavy atom. The van der Waals surface area contributed by atoms with Crippen molar-refractivity contribution in [3.63, 3.8) is 0 Å². The summed E-state index contributed by atoms with van der Waals surface area (Å²) in [5, 5.41) is 4.63. The summed E-state index contributed by atoms with van der Waals surface area (Å²) in [7, 11) is 0. The summed E-state index contributed by atoms with van der Waals surface area (Å²) in [6.45, 7) is 1.33. The Balaban J connectivity index is 1.56. The zero-order valence-electron chi connectivity index (χ0n) is 13.8. The van der Waals surface area contributed by atoms with E-state index in [2.05, 4.69) is 4.98 Å². The van der Waals surface area contributed by atoms with Gasteiger partial charge in [0, 0.05) is 13.1 Å². The van der Waals surface area contributed by atoms with Gasteiger partial charge in [0.1, 0.15) is 0 Å². The van der Waals surface area contributed by atoms with Gasteiger partial charge in [-0.15, -0.1) is 0 Å². The average Bonchev–Trinajstić information content (AvgIpc) is 3.15. The number of fused-ring (bicyclic) bond motifs is 1. The van der Waals surface area contributed by atoms with E-state index in [0.717, 1.165) is 24.9 Å². The molecule has 4 rings (SSSR count). The minimum absolute atomic E-state index is 0.00946. The molecule has 0 spiro atoms. The summed E-state index contributed by atoms with van der Waals surface area (Å²) < 4.78 is 1.70. The number of amides is 1. The zero-order valence-corrected chi connectivity index (χ0v) is 14.6. The van der Waals surface area contributed by atoms with E-state index in [4.69, 9.17) is 0 Å². The number of hydrogen-bond acceptors (Lipinski definition) is 4. The van der Waals surface area contributed by atoms with Gasteiger partial charge in [0.15, 0.2) is 0 Å². The lowest BCUT2D eigenvalue weighted by Crippen LogP contribution is -2.43. The molecule has 1 aliphatic heterocycles. The van der Waals surface area contributed by atoms with Crippen LogP contribution in [0.25, 0.3) is 10.9 Å². The first-order chi connectivity index (χ1) is 12.2. The van der Waals surface area contributed by atoms with Crippen LogP contribution < -0.4 is 5.56 Å². The molecule has 6 heteroatoms. The standard InChI is InChI=1S/C19H19N3O2S/c23-18(10-14-7-9-25-12-14)21-8-3-4-15(11-21)22-13-20-17-6-2-1-5-16(17)19(22)24/h1-2,5-7,9,12-13,15H,3-4,8,10-11H2/t15-/m1/s1. The number of thiophene rings is 1. The Morgan fingerprint density at radius 2 is 2.16 bits per heavy atom. The first-order valence-electron chi connectivity index (χ1n) is 8.47. The van der Waals surface area contributed by atoms with E-state index >= 15 is 0 Å². The predicted octanol–water partition coefficient (Wildman–Crippen LogP) is 2.86. The molecule has 0 radical (unpaired) electrons. The zero-order chi connectivity index (χ0) is 17.2. The molecular formula is C19H19N3O2S. The maximum atomic E-state index is 12.8. The summed E-state index contributed by atoms with van der Waals surface area (Å²) in [6.07, 6.45) is 3.85. The van der Waals surface area contributed by atoms with Gasteiger partial charge in [-0.3, -0.25) is 14.2 Å². The molecule has 0 N–H and O–H groups in total. The number of nitrogens with zero attached hydrogens (tertiary/aromatic N) is 3. The molecule has 5 nitrogen and oxygen atoms in total. The number of likely N-dealkylation sites (tertiary alicyclic amines) is 1. The lowest BCUT2D eigenvalue weighted by Gasteiger charge is -2.33. The second-order valence-electron chi connectivity index (χ2n) is 6.42. The molecule has 0 unspecified atom stereocenters. The van der Waals surface area contributed by atoms with Gasteiger partial charge in [-0.25, -0.2) is 4.98 Å². The monoisotopic (exact) mass is 353 g/mol. The average molecular weight is 353 g/mol. The molecule has 0 aliphatic carbocycles. The quantitative estimate of drug-likeness (QED) is 0.727. The Labute approximate surface area is 149 Å². The van der Waals surface area contributed by atoms with Gasteiger partial charge < -0.3 is 4.90 Å². The van der Waals surface area contributed by atoms with Crippen molar-refractivity contribution < 1.29 is 4.79 Å². The highest BCUT2D eigenvalue weighted by Gasteiger charge is 2.25. The van der Waals surface area contributed by atoms with Crippen LogP contribution in [0.4, 0.5) is 0 Å². The van der Waals surface area contributed by atoms with Gasteiger partial charge in [-0.1, -0.05) is 12.1 Å². The number of piperidine rings is 1. The SMILES string of the molecule is O=C(Cc1ccsc1)N1CCC[C@@H](n2cnc3ccccc3c2=O)C1. The van der Waals surface area contributed by atoms with Gasteiger partial charge in [-0.05, 0) is 47.4 Å². The number of carbonyl (C=O) groups is 1. The first kappa shape index (κ1) is 16.0. The molecule has 25 heavy (non-hydrogen) atoms. The molecule has 1 aliphatic rings. The summed E-state index contributed by atoms with van der Waals surface area (Å²) in [4.78, 5) is 31.6. The number of para-hydroxylation sites is 1. The fourth-order valence-electron chi connectivity index (χ4n) is 3.43. The van der Waals surface area contributed by atoms with E-state index in [9.17, 15) is 9.59 Å². The van der Waals surface area contributed by atoms with Crippen molar-refractivity contribution in [2.75, 3.05) is 13.1 Å². The third kappa shape index (κ3) is 3.22. The van der Waals surface area contributed by atoms with Crippen molar-refractivity contribution in [1.29, 1.82) is 0 Å². The van der Waals surface area contributed by atoms with Crippen molar-refractivity contribution in [3.05, 3.63) is 63.3 Å². The van der Waals surface area contributed by atoms with Crippen LogP contribution in [-0.2, 0) is 11.2 Å². The molecule has 3 heterocycles. The van der Waals surface area contributed by atoms with E-state index in [1.165, 1.54) is 0 Å². The number of hydrogen-bond donors (Lipinski definition) is 0. The van der Waals surface area contributed by atoms with Crippen LogP contribution in [0.5, 0.6) is 0 Å². The molecule has 1 fully saturated rings.